The Bertz CT molecular complexity index is 373. The van der Waals surface area contributed by atoms with Gasteiger partial charge in [-0.1, -0.05) is 43.4 Å². The molecular formula is C15H22ClNO. The van der Waals surface area contributed by atoms with Crippen molar-refractivity contribution in [1.29, 1.82) is 0 Å². The molecule has 2 N–H and O–H groups in total. The highest BCUT2D eigenvalue weighted by atomic mass is 35.5. The number of benzene rings is 1. The van der Waals surface area contributed by atoms with Crippen LogP contribution in [0.1, 0.15) is 44.1 Å². The lowest BCUT2D eigenvalue weighted by Crippen LogP contribution is -2.12. The summed E-state index contributed by atoms with van der Waals surface area (Å²) in [5, 5.41) is 0.711. The number of ether oxygens (including phenoxy) is 1. The number of hydrogen-bond acceptors (Lipinski definition) is 2. The fraction of sp³-hybridized carbons (Fsp3) is 0.600. The van der Waals surface area contributed by atoms with Crippen LogP contribution in [0.15, 0.2) is 18.2 Å². The van der Waals surface area contributed by atoms with Crippen LogP contribution in [-0.2, 0) is 6.54 Å². The largest absolute Gasteiger partial charge is 0.493 e. The Balaban J connectivity index is 1.94. The fourth-order valence-electron chi connectivity index (χ4n) is 2.57. The van der Waals surface area contributed by atoms with Crippen LogP contribution in [0.3, 0.4) is 0 Å². The molecule has 0 heterocycles. The topological polar surface area (TPSA) is 35.2 Å². The Morgan fingerprint density at radius 2 is 1.89 bits per heavy atom. The zero-order chi connectivity index (χ0) is 12.8. The van der Waals surface area contributed by atoms with Crippen LogP contribution >= 0.6 is 11.6 Å². The first kappa shape index (κ1) is 13.7. The van der Waals surface area contributed by atoms with Gasteiger partial charge in [0.25, 0.3) is 0 Å². The van der Waals surface area contributed by atoms with Gasteiger partial charge in [-0.15, -0.1) is 0 Å². The predicted octanol–water partition coefficient (Wildman–Crippen LogP) is 4.15. The van der Waals surface area contributed by atoms with Gasteiger partial charge >= 0.3 is 0 Å². The van der Waals surface area contributed by atoms with E-state index in [9.17, 15) is 0 Å². The van der Waals surface area contributed by atoms with Crippen molar-refractivity contribution in [3.05, 3.63) is 28.8 Å². The minimum atomic E-state index is 0.497. The first-order chi connectivity index (χ1) is 8.79. The molecule has 0 spiro atoms. The highest BCUT2D eigenvalue weighted by molar-refractivity contribution is 6.30. The average molecular weight is 268 g/mol. The van der Waals surface area contributed by atoms with Gasteiger partial charge in [0, 0.05) is 17.1 Å². The lowest BCUT2D eigenvalue weighted by molar-refractivity contribution is 0.232. The number of nitrogens with two attached hydrogens (primary N) is 1. The van der Waals surface area contributed by atoms with Crippen molar-refractivity contribution in [2.75, 3.05) is 6.61 Å². The van der Waals surface area contributed by atoms with E-state index in [1.807, 2.05) is 18.2 Å². The third-order valence-corrected chi connectivity index (χ3v) is 3.93. The lowest BCUT2D eigenvalue weighted by Gasteiger charge is -2.17. The SMILES string of the molecule is NCc1ccc(Cl)cc1OCC1CCCCCC1. The molecule has 0 aromatic heterocycles. The summed E-state index contributed by atoms with van der Waals surface area (Å²) in [7, 11) is 0. The van der Waals surface area contributed by atoms with E-state index in [2.05, 4.69) is 0 Å². The van der Waals surface area contributed by atoms with Crippen LogP contribution in [0.2, 0.25) is 5.02 Å². The Labute approximate surface area is 114 Å². The van der Waals surface area contributed by atoms with Crippen LogP contribution < -0.4 is 10.5 Å². The standard InChI is InChI=1S/C15H22ClNO/c16-14-8-7-13(10-17)15(9-14)18-11-12-5-3-1-2-4-6-12/h7-9,12H,1-6,10-11,17H2. The van der Waals surface area contributed by atoms with Crippen LogP contribution in [0.4, 0.5) is 0 Å². The van der Waals surface area contributed by atoms with Gasteiger partial charge in [-0.25, -0.2) is 0 Å². The quantitative estimate of drug-likeness (QED) is 0.832. The maximum atomic E-state index is 6.00. The predicted molar refractivity (Wildman–Crippen MR) is 76.0 cm³/mol. The van der Waals surface area contributed by atoms with Crippen molar-refractivity contribution < 1.29 is 4.74 Å². The molecule has 0 radical (unpaired) electrons. The lowest BCUT2D eigenvalue weighted by atomic mass is 10.0. The molecule has 2 nitrogen and oxygen atoms in total. The molecule has 1 aromatic carbocycles. The van der Waals surface area contributed by atoms with E-state index < -0.39 is 0 Å². The summed E-state index contributed by atoms with van der Waals surface area (Å²) >= 11 is 6.00. The smallest absolute Gasteiger partial charge is 0.125 e. The molecule has 3 heteroatoms. The van der Waals surface area contributed by atoms with Crippen molar-refractivity contribution in [3.8, 4) is 5.75 Å². The fourth-order valence-corrected chi connectivity index (χ4v) is 2.73. The van der Waals surface area contributed by atoms with Crippen molar-refractivity contribution in [3.63, 3.8) is 0 Å². The van der Waals surface area contributed by atoms with Crippen molar-refractivity contribution in [2.45, 2.75) is 45.1 Å². The van der Waals surface area contributed by atoms with Crippen molar-refractivity contribution in [2.24, 2.45) is 11.7 Å². The second-order valence-electron chi connectivity index (χ2n) is 5.12. The van der Waals surface area contributed by atoms with Crippen LogP contribution in [-0.4, -0.2) is 6.61 Å². The second kappa shape index (κ2) is 7.01. The molecule has 18 heavy (non-hydrogen) atoms. The monoisotopic (exact) mass is 267 g/mol. The third kappa shape index (κ3) is 3.89. The van der Waals surface area contributed by atoms with Crippen LogP contribution in [0.25, 0.3) is 0 Å². The summed E-state index contributed by atoms with van der Waals surface area (Å²) in [6.45, 7) is 1.30. The number of hydrogen-bond donors (Lipinski definition) is 1. The second-order valence-corrected chi connectivity index (χ2v) is 5.56. The Morgan fingerprint density at radius 3 is 2.56 bits per heavy atom. The van der Waals surface area contributed by atoms with Gasteiger partial charge < -0.3 is 10.5 Å². The molecule has 1 aliphatic carbocycles. The molecule has 0 unspecified atom stereocenters. The van der Waals surface area contributed by atoms with Gasteiger partial charge in [0.2, 0.25) is 0 Å². The zero-order valence-corrected chi connectivity index (χ0v) is 11.6. The number of halogens is 1. The van der Waals surface area contributed by atoms with E-state index in [1.165, 1.54) is 38.5 Å². The summed E-state index contributed by atoms with van der Waals surface area (Å²) in [6, 6.07) is 5.69. The Hall–Kier alpha value is -0.730. The Kier molecular flexibility index (Phi) is 5.33. The van der Waals surface area contributed by atoms with Gasteiger partial charge in [-0.2, -0.15) is 0 Å². The molecule has 0 atom stereocenters. The highest BCUT2D eigenvalue weighted by Gasteiger charge is 2.13. The normalized spacial score (nSPS) is 17.4. The molecule has 0 aliphatic heterocycles. The van der Waals surface area contributed by atoms with Crippen LogP contribution in [0, 0.1) is 5.92 Å². The van der Waals surface area contributed by atoms with Gasteiger partial charge in [0.05, 0.1) is 6.61 Å². The van der Waals surface area contributed by atoms with Crippen molar-refractivity contribution >= 4 is 11.6 Å². The van der Waals surface area contributed by atoms with E-state index in [0.29, 0.717) is 17.5 Å². The minimum Gasteiger partial charge on any atom is -0.493 e. The summed E-state index contributed by atoms with van der Waals surface area (Å²) < 4.78 is 5.94. The van der Waals surface area contributed by atoms with E-state index in [4.69, 9.17) is 22.1 Å². The maximum absolute atomic E-state index is 6.00. The number of rotatable bonds is 4. The first-order valence-corrected chi connectivity index (χ1v) is 7.28. The molecular weight excluding hydrogens is 246 g/mol. The Morgan fingerprint density at radius 1 is 1.17 bits per heavy atom. The van der Waals surface area contributed by atoms with Gasteiger partial charge in [-0.3, -0.25) is 0 Å². The maximum Gasteiger partial charge on any atom is 0.125 e. The van der Waals surface area contributed by atoms with Gasteiger partial charge in [0.15, 0.2) is 0 Å². The third-order valence-electron chi connectivity index (χ3n) is 3.70. The average Bonchev–Trinajstić information content (AvgIpc) is 2.65. The molecule has 1 fully saturated rings. The molecule has 2 rings (SSSR count). The molecule has 1 aliphatic rings. The highest BCUT2D eigenvalue weighted by Crippen LogP contribution is 2.27. The zero-order valence-electron chi connectivity index (χ0n) is 10.8. The van der Waals surface area contributed by atoms with E-state index in [-0.39, 0.29) is 0 Å². The summed E-state index contributed by atoms with van der Waals surface area (Å²) in [6.07, 6.45) is 8.01. The molecule has 100 valence electrons. The molecule has 1 aromatic rings. The van der Waals surface area contributed by atoms with Crippen molar-refractivity contribution in [1.82, 2.24) is 0 Å². The molecule has 0 amide bonds. The van der Waals surface area contributed by atoms with Crippen LogP contribution in [0.5, 0.6) is 5.75 Å². The van der Waals surface area contributed by atoms with Gasteiger partial charge in [0.1, 0.15) is 5.75 Å². The molecule has 0 saturated heterocycles. The summed E-state index contributed by atoms with van der Waals surface area (Å²) in [4.78, 5) is 0. The van der Waals surface area contributed by atoms with Gasteiger partial charge in [-0.05, 0) is 30.9 Å². The molecule has 1 saturated carbocycles. The minimum absolute atomic E-state index is 0.497. The molecule has 0 bridgehead atoms. The summed E-state index contributed by atoms with van der Waals surface area (Å²) in [5.41, 5.74) is 6.75. The van der Waals surface area contributed by atoms with E-state index in [0.717, 1.165) is 17.9 Å². The first-order valence-electron chi connectivity index (χ1n) is 6.91. The van der Waals surface area contributed by atoms with E-state index >= 15 is 0 Å². The summed E-state index contributed by atoms with van der Waals surface area (Å²) in [5.74, 6) is 1.55. The van der Waals surface area contributed by atoms with E-state index in [1.54, 1.807) is 0 Å².